The van der Waals surface area contributed by atoms with E-state index in [0.717, 1.165) is 5.56 Å². The number of benzene rings is 1. The largest absolute Gasteiger partial charge is 0.468 e. The van der Waals surface area contributed by atoms with Crippen molar-refractivity contribution in [1.29, 1.82) is 0 Å². The Morgan fingerprint density at radius 3 is 2.79 bits per heavy atom. The first-order chi connectivity index (χ1) is 8.91. The second-order valence-corrected chi connectivity index (χ2v) is 7.02. The summed E-state index contributed by atoms with van der Waals surface area (Å²) in [5.41, 5.74) is 0.740. The predicted molar refractivity (Wildman–Crippen MR) is 71.8 cm³/mol. The quantitative estimate of drug-likeness (QED) is 0.823. The Morgan fingerprint density at radius 2 is 2.16 bits per heavy atom. The standard InChI is InChI=1S/C12H14ClNO4S/c1-18-12(15)11-7-19(16,17)6-10(14-11)8-3-2-4-9(13)5-8/h2-5,10-11,14H,6-7H2,1H3. The van der Waals surface area contributed by atoms with E-state index in [9.17, 15) is 13.2 Å². The van der Waals surface area contributed by atoms with Crippen LogP contribution in [0.2, 0.25) is 5.02 Å². The number of rotatable bonds is 2. The maximum Gasteiger partial charge on any atom is 0.323 e. The maximum atomic E-state index is 11.9. The molecule has 2 atom stereocenters. The van der Waals surface area contributed by atoms with Crippen molar-refractivity contribution in [3.8, 4) is 0 Å². The van der Waals surface area contributed by atoms with Crippen molar-refractivity contribution in [2.24, 2.45) is 0 Å². The van der Waals surface area contributed by atoms with Crippen LogP contribution in [-0.2, 0) is 19.4 Å². The third-order valence-electron chi connectivity index (χ3n) is 2.98. The zero-order valence-corrected chi connectivity index (χ0v) is 11.9. The molecule has 0 aromatic heterocycles. The minimum absolute atomic E-state index is 0.0547. The molecule has 0 bridgehead atoms. The molecule has 0 spiro atoms. The second kappa shape index (κ2) is 5.48. The van der Waals surface area contributed by atoms with Gasteiger partial charge in [0.25, 0.3) is 0 Å². The summed E-state index contributed by atoms with van der Waals surface area (Å²) in [7, 11) is -2.07. The average molecular weight is 304 g/mol. The highest BCUT2D eigenvalue weighted by Crippen LogP contribution is 2.23. The van der Waals surface area contributed by atoms with Crippen LogP contribution in [-0.4, -0.2) is 39.0 Å². The van der Waals surface area contributed by atoms with Gasteiger partial charge in [-0.2, -0.15) is 0 Å². The van der Waals surface area contributed by atoms with Crippen molar-refractivity contribution < 1.29 is 17.9 Å². The van der Waals surface area contributed by atoms with Crippen LogP contribution in [0.4, 0.5) is 0 Å². The fraction of sp³-hybridized carbons (Fsp3) is 0.417. The van der Waals surface area contributed by atoms with Crippen LogP contribution in [0.1, 0.15) is 11.6 Å². The lowest BCUT2D eigenvalue weighted by Crippen LogP contribution is -2.51. The van der Waals surface area contributed by atoms with E-state index in [1.165, 1.54) is 7.11 Å². The summed E-state index contributed by atoms with van der Waals surface area (Å²) >= 11 is 5.89. The van der Waals surface area contributed by atoms with Gasteiger partial charge in [0.05, 0.1) is 18.6 Å². The molecule has 0 saturated carbocycles. The van der Waals surface area contributed by atoms with E-state index in [4.69, 9.17) is 11.6 Å². The van der Waals surface area contributed by atoms with Crippen molar-refractivity contribution in [2.45, 2.75) is 12.1 Å². The first-order valence-corrected chi connectivity index (χ1v) is 7.91. The predicted octanol–water partition coefficient (Wildman–Crippen LogP) is 0.941. The minimum atomic E-state index is -3.30. The molecule has 0 radical (unpaired) electrons. The number of carbonyl (C=O) groups is 1. The van der Waals surface area contributed by atoms with Crippen LogP contribution < -0.4 is 5.32 Å². The SMILES string of the molecule is COC(=O)C1CS(=O)(=O)CC(c2cccc(Cl)c2)N1. The van der Waals surface area contributed by atoms with Crippen LogP contribution in [0.15, 0.2) is 24.3 Å². The summed E-state index contributed by atoms with van der Waals surface area (Å²) in [4.78, 5) is 11.5. The van der Waals surface area contributed by atoms with E-state index in [0.29, 0.717) is 5.02 Å². The Bertz CT molecular complexity index is 587. The van der Waals surface area contributed by atoms with E-state index in [-0.39, 0.29) is 11.5 Å². The average Bonchev–Trinajstić information content (AvgIpc) is 2.36. The van der Waals surface area contributed by atoms with Gasteiger partial charge in [-0.25, -0.2) is 8.42 Å². The van der Waals surface area contributed by atoms with Gasteiger partial charge in [0, 0.05) is 11.1 Å². The number of sulfone groups is 1. The number of carbonyl (C=O) groups excluding carboxylic acids is 1. The fourth-order valence-electron chi connectivity index (χ4n) is 2.11. The molecule has 1 fully saturated rings. The van der Waals surface area contributed by atoms with E-state index in [2.05, 4.69) is 10.1 Å². The van der Waals surface area contributed by atoms with Crippen molar-refractivity contribution in [2.75, 3.05) is 18.6 Å². The second-order valence-electron chi connectivity index (χ2n) is 4.43. The summed E-state index contributed by atoms with van der Waals surface area (Å²) in [6, 6.07) is 5.62. The zero-order valence-electron chi connectivity index (χ0n) is 10.3. The van der Waals surface area contributed by atoms with Gasteiger partial charge in [-0.15, -0.1) is 0 Å². The zero-order chi connectivity index (χ0) is 14.0. The number of methoxy groups -OCH3 is 1. The molecule has 104 valence electrons. The Morgan fingerprint density at radius 1 is 1.42 bits per heavy atom. The highest BCUT2D eigenvalue weighted by molar-refractivity contribution is 7.91. The molecular formula is C12H14ClNO4S. The van der Waals surface area contributed by atoms with E-state index < -0.39 is 27.9 Å². The van der Waals surface area contributed by atoms with Gasteiger partial charge in [0.2, 0.25) is 0 Å². The molecule has 19 heavy (non-hydrogen) atoms. The number of halogens is 1. The summed E-state index contributed by atoms with van der Waals surface area (Å²) in [6.07, 6.45) is 0. The number of hydrogen-bond donors (Lipinski definition) is 1. The number of ether oxygens (including phenoxy) is 1. The summed E-state index contributed by atoms with van der Waals surface area (Å²) < 4.78 is 28.3. The first kappa shape index (κ1) is 14.3. The van der Waals surface area contributed by atoms with Gasteiger partial charge in [0.1, 0.15) is 6.04 Å². The molecule has 2 rings (SSSR count). The lowest BCUT2D eigenvalue weighted by Gasteiger charge is -2.29. The Labute approximate surface area is 116 Å². The summed E-state index contributed by atoms with van der Waals surface area (Å²) in [6.45, 7) is 0. The van der Waals surface area contributed by atoms with Gasteiger partial charge in [-0.3, -0.25) is 10.1 Å². The first-order valence-electron chi connectivity index (χ1n) is 5.71. The Balaban J connectivity index is 2.28. The molecule has 1 aromatic rings. The minimum Gasteiger partial charge on any atom is -0.468 e. The normalized spacial score (nSPS) is 25.8. The molecule has 7 heteroatoms. The Hall–Kier alpha value is -1.11. The van der Waals surface area contributed by atoms with E-state index in [1.807, 2.05) is 0 Å². The van der Waals surface area contributed by atoms with Gasteiger partial charge in [-0.05, 0) is 17.7 Å². The Kier molecular flexibility index (Phi) is 4.13. The molecule has 1 saturated heterocycles. The van der Waals surface area contributed by atoms with Crippen molar-refractivity contribution in [1.82, 2.24) is 5.32 Å². The number of esters is 1. The van der Waals surface area contributed by atoms with Crippen LogP contribution in [0, 0.1) is 0 Å². The monoisotopic (exact) mass is 303 g/mol. The molecule has 1 aliphatic rings. The number of nitrogens with one attached hydrogen (secondary N) is 1. The molecule has 1 heterocycles. The third kappa shape index (κ3) is 3.46. The summed E-state index contributed by atoms with van der Waals surface area (Å²) in [5.74, 6) is -0.868. The smallest absolute Gasteiger partial charge is 0.323 e. The molecule has 5 nitrogen and oxygen atoms in total. The molecule has 0 aliphatic carbocycles. The van der Waals surface area contributed by atoms with Gasteiger partial charge in [0.15, 0.2) is 9.84 Å². The van der Waals surface area contributed by atoms with Crippen molar-refractivity contribution in [3.05, 3.63) is 34.9 Å². The van der Waals surface area contributed by atoms with Gasteiger partial charge in [-0.1, -0.05) is 23.7 Å². The maximum absolute atomic E-state index is 11.9. The van der Waals surface area contributed by atoms with Crippen LogP contribution in [0.3, 0.4) is 0 Å². The highest BCUT2D eigenvalue weighted by atomic mass is 35.5. The number of hydrogen-bond acceptors (Lipinski definition) is 5. The van der Waals surface area contributed by atoms with E-state index in [1.54, 1.807) is 24.3 Å². The van der Waals surface area contributed by atoms with Crippen molar-refractivity contribution >= 4 is 27.4 Å². The van der Waals surface area contributed by atoms with Crippen LogP contribution in [0.5, 0.6) is 0 Å². The molecular weight excluding hydrogens is 290 g/mol. The van der Waals surface area contributed by atoms with Gasteiger partial charge < -0.3 is 4.74 Å². The fourth-order valence-corrected chi connectivity index (χ4v) is 3.98. The van der Waals surface area contributed by atoms with Crippen LogP contribution in [0.25, 0.3) is 0 Å². The molecule has 0 amide bonds. The molecule has 1 aromatic carbocycles. The molecule has 1 aliphatic heterocycles. The summed E-state index contributed by atoms with van der Waals surface area (Å²) in [5, 5.41) is 3.52. The van der Waals surface area contributed by atoms with Crippen LogP contribution >= 0.6 is 11.6 Å². The third-order valence-corrected chi connectivity index (χ3v) is 4.90. The van der Waals surface area contributed by atoms with Gasteiger partial charge >= 0.3 is 5.97 Å². The lowest BCUT2D eigenvalue weighted by molar-refractivity contribution is -0.142. The van der Waals surface area contributed by atoms with E-state index >= 15 is 0 Å². The molecule has 1 N–H and O–H groups in total. The highest BCUT2D eigenvalue weighted by Gasteiger charge is 2.36. The van der Waals surface area contributed by atoms with Crippen molar-refractivity contribution in [3.63, 3.8) is 0 Å². The topological polar surface area (TPSA) is 72.5 Å². The lowest BCUT2D eigenvalue weighted by atomic mass is 10.1. The molecule has 2 unspecified atom stereocenters.